The third-order valence-corrected chi connectivity index (χ3v) is 8.54. The average Bonchev–Trinajstić information content (AvgIpc) is 3.47. The Morgan fingerprint density at radius 3 is 1.98 bits per heavy atom. The fraction of sp³-hybridized carbons (Fsp3) is 0.455. The predicted octanol–water partition coefficient (Wildman–Crippen LogP) is -3.32. The minimum absolute atomic E-state index is 0.0666. The molecular weight excluding hydrogens is 733 g/mol. The van der Waals surface area contributed by atoms with E-state index in [9.17, 15) is 28.5 Å². The van der Waals surface area contributed by atoms with Crippen molar-refractivity contribution in [3.63, 3.8) is 0 Å². The number of rotatable bonds is 8. The molecule has 0 spiro atoms. The first-order valence-corrected chi connectivity index (χ1v) is 18.9. The van der Waals surface area contributed by atoms with Crippen molar-refractivity contribution >= 4 is 64.8 Å². The van der Waals surface area contributed by atoms with E-state index in [4.69, 9.17) is 55.8 Å². The van der Waals surface area contributed by atoms with Crippen LogP contribution < -0.4 is 16.6 Å². The van der Waals surface area contributed by atoms with Gasteiger partial charge in [-0.3, -0.25) is 27.3 Å². The first kappa shape index (κ1) is 42.9. The van der Waals surface area contributed by atoms with Crippen LogP contribution in [0.2, 0.25) is 0 Å². The molecule has 4 rings (SSSR count). The van der Waals surface area contributed by atoms with E-state index < -0.39 is 67.5 Å². The number of nitrogens with zero attached hydrogens (tertiary/aromatic N) is 4. The summed E-state index contributed by atoms with van der Waals surface area (Å²) in [4.78, 5) is 22.8. The number of fused-ring (bicyclic) bond motifs is 1. The lowest BCUT2D eigenvalue weighted by molar-refractivity contribution is -0.307. The quantitative estimate of drug-likeness (QED) is 0.0800. The van der Waals surface area contributed by atoms with Crippen molar-refractivity contribution in [2.24, 2.45) is 5.73 Å². The van der Waals surface area contributed by atoms with Crippen LogP contribution in [0.15, 0.2) is 41.8 Å². The van der Waals surface area contributed by atoms with Crippen molar-refractivity contribution in [3.05, 3.63) is 42.5 Å². The van der Waals surface area contributed by atoms with Gasteiger partial charge in [0.25, 0.3) is 10.1 Å². The summed E-state index contributed by atoms with van der Waals surface area (Å²) in [5.41, 5.74) is 13.0. The van der Waals surface area contributed by atoms with Gasteiger partial charge in [-0.25, -0.2) is 15.0 Å². The number of ether oxygens (including phenoxy) is 1. The Labute approximate surface area is 277 Å². The maximum atomic E-state index is 10.7. The molecule has 3 heterocycles. The zero-order valence-corrected chi connectivity index (χ0v) is 28.1. The number of benzene rings is 1. The number of nitrogens with two attached hydrogens (primary N) is 2. The van der Waals surface area contributed by atoms with Gasteiger partial charge in [0, 0.05) is 12.5 Å². The molecule has 48 heavy (non-hydrogen) atoms. The topological polar surface area (TPSA) is 389 Å². The molecule has 0 amide bonds. The third kappa shape index (κ3) is 15.9. The Hall–Kier alpha value is -3.12. The van der Waals surface area contributed by atoms with Crippen LogP contribution in [0.3, 0.4) is 0 Å². The van der Waals surface area contributed by atoms with E-state index in [2.05, 4.69) is 15.0 Å². The van der Waals surface area contributed by atoms with Gasteiger partial charge in [-0.2, -0.15) is 25.3 Å². The number of carbonyl (C=O) groups is 1. The highest BCUT2D eigenvalue weighted by Gasteiger charge is 2.46. The van der Waals surface area contributed by atoms with Crippen LogP contribution in [0, 0.1) is 6.92 Å². The van der Waals surface area contributed by atoms with Crippen molar-refractivity contribution in [3.8, 4) is 0 Å². The van der Waals surface area contributed by atoms with E-state index in [0.717, 1.165) is 5.56 Å². The van der Waals surface area contributed by atoms with Crippen LogP contribution in [0.25, 0.3) is 11.2 Å². The summed E-state index contributed by atoms with van der Waals surface area (Å²) in [6, 6.07) is 4.97. The number of hydrogen-bond donors (Lipinski definition) is 9. The lowest BCUT2D eigenvalue weighted by Crippen LogP contribution is -2.43. The summed E-state index contributed by atoms with van der Waals surface area (Å²) >= 11 is 0. The Morgan fingerprint density at radius 1 is 0.979 bits per heavy atom. The largest absolute Gasteiger partial charge is 0.548 e. The number of aryl methyl sites for hydroxylation is 1. The Kier molecular flexibility index (Phi) is 16.1. The van der Waals surface area contributed by atoms with Gasteiger partial charge in [0.15, 0.2) is 17.7 Å². The van der Waals surface area contributed by atoms with Crippen molar-refractivity contribution in [1.29, 1.82) is 0 Å². The van der Waals surface area contributed by atoms with Crippen LogP contribution in [-0.2, 0) is 51.3 Å². The Bertz CT molecular complexity index is 1780. The van der Waals surface area contributed by atoms with E-state index in [0.29, 0.717) is 22.7 Å². The first-order chi connectivity index (χ1) is 21.8. The normalized spacial score (nSPS) is 20.6. The summed E-state index contributed by atoms with van der Waals surface area (Å²) in [6.45, 7) is 1.84. The number of nitrogen functional groups attached to an aromatic ring is 1. The molecule has 0 saturated carbocycles. The van der Waals surface area contributed by atoms with Gasteiger partial charge in [0.2, 0.25) is 0 Å². The second-order valence-electron chi connectivity index (χ2n) is 9.68. The fourth-order valence-corrected chi connectivity index (χ4v) is 5.81. The second kappa shape index (κ2) is 18.0. The monoisotopic (exact) mass is 766 g/mol. The molecule has 0 aliphatic carbocycles. The van der Waals surface area contributed by atoms with Crippen LogP contribution >= 0.6 is 0 Å². The molecule has 22 nitrogen and oxygen atoms in total. The molecule has 1 aromatic carbocycles. The summed E-state index contributed by atoms with van der Waals surface area (Å²) in [7, 11) is -13.6. The molecule has 1 aliphatic rings. The summed E-state index contributed by atoms with van der Waals surface area (Å²) in [5.74, 6) is -0.0611. The summed E-state index contributed by atoms with van der Waals surface area (Å²) < 4.78 is 100. The highest BCUT2D eigenvalue weighted by Crippen LogP contribution is 2.32. The van der Waals surface area contributed by atoms with Crippen LogP contribution in [-0.4, -0.2) is 126 Å². The molecule has 26 heteroatoms. The standard InChI is InChI=1S/C15H22N6O5S.C7H8O3S.2H2O4S/c1-27(3-2-7(16)15(24)25)4-8-10(22)11(23)14(26-8)21-6-20-9-12(17)18-5-19-13(9)21;1-6-2-4-7(5-3-6)11(8,9)10;2*1-5(2,3)4/h5-8,10-11,14,22-23H,2-4,16H2,1H3,(H2-,17,18,19,24,25);2-5H,1H3,(H,8,9,10);2*(H2,1,2,3,4)/t7-,8+,10-,11?,14+,27?;;;/m0.../s1. The van der Waals surface area contributed by atoms with Crippen molar-refractivity contribution in [2.45, 2.75) is 48.8 Å². The van der Waals surface area contributed by atoms with Crippen molar-refractivity contribution < 1.29 is 72.9 Å². The lowest BCUT2D eigenvalue weighted by atomic mass is 10.1. The molecule has 3 aromatic rings. The first-order valence-electron chi connectivity index (χ1n) is 12.7. The third-order valence-electron chi connectivity index (χ3n) is 5.85. The number of aliphatic carboxylic acids is 1. The van der Waals surface area contributed by atoms with Crippen molar-refractivity contribution in [1.82, 2.24) is 19.5 Å². The molecule has 0 bridgehead atoms. The van der Waals surface area contributed by atoms with E-state index in [1.54, 1.807) is 12.1 Å². The molecule has 11 N–H and O–H groups in total. The average molecular weight is 767 g/mol. The number of carboxylic acids is 1. The zero-order valence-electron chi connectivity index (χ0n) is 24.9. The number of hydrogen-bond acceptors (Lipinski definition) is 16. The van der Waals surface area contributed by atoms with Gasteiger partial charge >= 0.3 is 20.8 Å². The van der Waals surface area contributed by atoms with E-state index in [-0.39, 0.29) is 28.0 Å². The number of aromatic nitrogens is 4. The zero-order chi connectivity index (χ0) is 37.2. The minimum Gasteiger partial charge on any atom is -0.548 e. The van der Waals surface area contributed by atoms with Gasteiger partial charge in [0.1, 0.15) is 41.7 Å². The fourth-order valence-electron chi connectivity index (χ4n) is 3.67. The smallest absolute Gasteiger partial charge is 0.394 e. The van der Waals surface area contributed by atoms with Gasteiger partial charge in [-0.1, -0.05) is 17.7 Å². The second-order valence-corrected chi connectivity index (χ2v) is 15.2. The van der Waals surface area contributed by atoms with E-state index in [1.807, 2.05) is 13.2 Å². The maximum absolute atomic E-state index is 10.7. The Morgan fingerprint density at radius 2 is 1.50 bits per heavy atom. The molecule has 1 aliphatic heterocycles. The molecule has 272 valence electrons. The molecule has 2 aromatic heterocycles. The lowest BCUT2D eigenvalue weighted by Gasteiger charge is -2.16. The molecule has 1 fully saturated rings. The minimum atomic E-state index is -4.67. The molecule has 0 radical (unpaired) electrons. The van der Waals surface area contributed by atoms with Gasteiger partial charge in [-0.15, -0.1) is 0 Å². The predicted molar refractivity (Wildman–Crippen MR) is 166 cm³/mol. The molecule has 6 atom stereocenters. The van der Waals surface area contributed by atoms with Gasteiger partial charge < -0.3 is 36.3 Å². The van der Waals surface area contributed by atoms with Gasteiger partial charge in [-0.05, 0) is 30.0 Å². The molecular formula is C22H34N6O16S4. The van der Waals surface area contributed by atoms with Crippen LogP contribution in [0.4, 0.5) is 5.82 Å². The number of imidazole rings is 1. The number of carbonyl (C=O) groups excluding carboxylic acids is 1. The van der Waals surface area contributed by atoms with E-state index in [1.165, 1.54) is 29.4 Å². The highest BCUT2D eigenvalue weighted by atomic mass is 32.3. The summed E-state index contributed by atoms with van der Waals surface area (Å²) in [6.07, 6.45) is 1.17. The Balaban J connectivity index is 0.000000447. The van der Waals surface area contributed by atoms with Crippen LogP contribution in [0.5, 0.6) is 0 Å². The molecule has 2 unspecified atom stereocenters. The SMILES string of the molecule is C[S+](CC[C@H](N)C(=O)[O-])C[C@H]1O[C@@H](n2cnc3c(N)ncnc32)C(O)[C@H]1O.Cc1ccc(S(=O)(=O)O)cc1.O=S(=O)(O)O.O=S(=O)(O)O. The van der Waals surface area contributed by atoms with Crippen molar-refractivity contribution in [2.75, 3.05) is 23.5 Å². The number of carboxylic acid groups (broad SMARTS) is 1. The molecule has 1 saturated heterocycles. The maximum Gasteiger partial charge on any atom is 0.394 e. The number of aliphatic hydroxyl groups excluding tert-OH is 2. The van der Waals surface area contributed by atoms with Crippen LogP contribution in [0.1, 0.15) is 18.2 Å². The summed E-state index contributed by atoms with van der Waals surface area (Å²) in [5, 5.41) is 31.5. The number of aliphatic hydroxyl groups is 2. The highest BCUT2D eigenvalue weighted by molar-refractivity contribution is 7.96. The van der Waals surface area contributed by atoms with Gasteiger partial charge in [0.05, 0.1) is 23.4 Å². The number of anilines is 1. The van der Waals surface area contributed by atoms with E-state index >= 15 is 0 Å².